The first-order valence-electron chi connectivity index (χ1n) is 8.55. The number of ketones is 1. The Morgan fingerprint density at radius 1 is 0.857 bits per heavy atom. The molecule has 0 aliphatic rings. The number of hydrogen-bond acceptors (Lipinski definition) is 3. The van der Waals surface area contributed by atoms with Crippen LogP contribution in [0, 0.1) is 5.82 Å². The van der Waals surface area contributed by atoms with E-state index in [-0.39, 0.29) is 30.7 Å². The van der Waals surface area contributed by atoms with Crippen LogP contribution in [-0.2, 0) is 11.3 Å². The van der Waals surface area contributed by atoms with E-state index in [1.807, 2.05) is 0 Å². The molecule has 4 nitrogen and oxygen atoms in total. The lowest BCUT2D eigenvalue weighted by atomic mass is 10.0. The number of ether oxygens (including phenoxy) is 1. The molecule has 6 heteroatoms. The van der Waals surface area contributed by atoms with Crippen molar-refractivity contribution in [2.75, 3.05) is 6.61 Å². The highest BCUT2D eigenvalue weighted by atomic mass is 35.5. The Labute approximate surface area is 166 Å². The lowest BCUT2D eigenvalue weighted by Crippen LogP contribution is -2.28. The Bertz CT molecular complexity index is 955. The summed E-state index contributed by atoms with van der Waals surface area (Å²) >= 11 is 5.83. The van der Waals surface area contributed by atoms with Crippen LogP contribution in [0.1, 0.15) is 21.5 Å². The van der Waals surface area contributed by atoms with Crippen LogP contribution in [0.3, 0.4) is 0 Å². The predicted molar refractivity (Wildman–Crippen MR) is 105 cm³/mol. The maximum Gasteiger partial charge on any atom is 0.258 e. The molecule has 0 heterocycles. The fourth-order valence-corrected chi connectivity index (χ4v) is 2.60. The van der Waals surface area contributed by atoms with Crippen molar-refractivity contribution in [3.05, 3.63) is 100 Å². The molecule has 0 radical (unpaired) electrons. The molecule has 0 aliphatic heterocycles. The van der Waals surface area contributed by atoms with E-state index in [0.717, 1.165) is 5.56 Å². The van der Waals surface area contributed by atoms with Gasteiger partial charge >= 0.3 is 0 Å². The minimum absolute atomic E-state index is 0.125. The first-order valence-corrected chi connectivity index (χ1v) is 8.93. The molecular formula is C22H17ClFNO3. The topological polar surface area (TPSA) is 55.4 Å². The summed E-state index contributed by atoms with van der Waals surface area (Å²) in [6.07, 6.45) is 0. The summed E-state index contributed by atoms with van der Waals surface area (Å²) in [6.45, 7) is 0.128. The van der Waals surface area contributed by atoms with Gasteiger partial charge in [0.1, 0.15) is 11.6 Å². The molecule has 142 valence electrons. The predicted octanol–water partition coefficient (Wildman–Crippen LogP) is 4.41. The number of carbonyl (C=O) groups is 2. The van der Waals surface area contributed by atoms with Crippen LogP contribution in [0.15, 0.2) is 72.8 Å². The van der Waals surface area contributed by atoms with Gasteiger partial charge in [-0.05, 0) is 66.2 Å². The molecule has 3 aromatic rings. The SMILES string of the molecule is O=C(COc1ccc(C(=O)c2ccc(Cl)cc2)cc1)NCc1ccc(F)cc1. The van der Waals surface area contributed by atoms with Gasteiger partial charge in [0.25, 0.3) is 5.91 Å². The first kappa shape index (κ1) is 19.6. The van der Waals surface area contributed by atoms with Crippen LogP contribution in [0.25, 0.3) is 0 Å². The van der Waals surface area contributed by atoms with Gasteiger partial charge < -0.3 is 10.1 Å². The molecule has 0 saturated heterocycles. The molecule has 3 rings (SSSR count). The average Bonchev–Trinajstić information content (AvgIpc) is 2.72. The van der Waals surface area contributed by atoms with Crippen molar-refractivity contribution >= 4 is 23.3 Å². The van der Waals surface area contributed by atoms with Crippen molar-refractivity contribution in [1.29, 1.82) is 0 Å². The second-order valence-electron chi connectivity index (χ2n) is 6.05. The quantitative estimate of drug-likeness (QED) is 0.601. The molecule has 1 N–H and O–H groups in total. The molecule has 0 fully saturated rings. The van der Waals surface area contributed by atoms with Crippen LogP contribution in [0.4, 0.5) is 4.39 Å². The highest BCUT2D eigenvalue weighted by Gasteiger charge is 2.09. The van der Waals surface area contributed by atoms with E-state index in [1.54, 1.807) is 60.7 Å². The molecule has 1 amide bonds. The van der Waals surface area contributed by atoms with Gasteiger partial charge in [-0.1, -0.05) is 23.7 Å². The van der Waals surface area contributed by atoms with Gasteiger partial charge in [0.05, 0.1) is 0 Å². The van der Waals surface area contributed by atoms with E-state index < -0.39 is 0 Å². The van der Waals surface area contributed by atoms with Crippen LogP contribution >= 0.6 is 11.6 Å². The maximum atomic E-state index is 12.9. The van der Waals surface area contributed by atoms with Crippen molar-refractivity contribution in [1.82, 2.24) is 5.32 Å². The number of rotatable bonds is 7. The van der Waals surface area contributed by atoms with Gasteiger partial charge in [-0.2, -0.15) is 0 Å². The summed E-state index contributed by atoms with van der Waals surface area (Å²) in [7, 11) is 0. The van der Waals surface area contributed by atoms with E-state index in [4.69, 9.17) is 16.3 Å². The first-order chi connectivity index (χ1) is 13.5. The highest BCUT2D eigenvalue weighted by molar-refractivity contribution is 6.30. The fraction of sp³-hybridized carbons (Fsp3) is 0.0909. The van der Waals surface area contributed by atoms with Crippen molar-refractivity contribution < 1.29 is 18.7 Å². The summed E-state index contributed by atoms with van der Waals surface area (Å²) in [4.78, 5) is 24.3. The summed E-state index contributed by atoms with van der Waals surface area (Å²) < 4.78 is 18.3. The minimum Gasteiger partial charge on any atom is -0.484 e. The Hall–Kier alpha value is -3.18. The summed E-state index contributed by atoms with van der Waals surface area (Å²) in [5.74, 6) is -0.271. The molecule has 0 saturated carbocycles. The van der Waals surface area contributed by atoms with Gasteiger partial charge in [-0.3, -0.25) is 9.59 Å². The monoisotopic (exact) mass is 397 g/mol. The molecule has 0 atom stereocenters. The second-order valence-corrected chi connectivity index (χ2v) is 6.49. The molecular weight excluding hydrogens is 381 g/mol. The van der Waals surface area contributed by atoms with E-state index >= 15 is 0 Å². The zero-order chi connectivity index (χ0) is 19.9. The number of benzene rings is 3. The Morgan fingerprint density at radius 2 is 1.43 bits per heavy atom. The molecule has 0 aromatic heterocycles. The van der Waals surface area contributed by atoms with E-state index in [9.17, 15) is 14.0 Å². The molecule has 0 aliphatic carbocycles. The molecule has 3 aromatic carbocycles. The number of hydrogen-bond donors (Lipinski definition) is 1. The maximum absolute atomic E-state index is 12.9. The summed E-state index contributed by atoms with van der Waals surface area (Å²) in [5, 5.41) is 3.26. The summed E-state index contributed by atoms with van der Waals surface area (Å²) in [5.41, 5.74) is 1.84. The van der Waals surface area contributed by atoms with E-state index in [1.165, 1.54) is 12.1 Å². The van der Waals surface area contributed by atoms with Crippen molar-refractivity contribution in [2.24, 2.45) is 0 Å². The standard InChI is InChI=1S/C22H17ClFNO3/c23-18-7-3-16(4-8-18)22(27)17-5-11-20(12-6-17)28-14-21(26)25-13-15-1-9-19(24)10-2-15/h1-12H,13-14H2,(H,25,26). The van der Waals surface area contributed by atoms with E-state index in [0.29, 0.717) is 21.9 Å². The Morgan fingerprint density at radius 3 is 2.04 bits per heavy atom. The number of carbonyl (C=O) groups excluding carboxylic acids is 2. The average molecular weight is 398 g/mol. The Kier molecular flexibility index (Phi) is 6.40. The lowest BCUT2D eigenvalue weighted by Gasteiger charge is -2.08. The third kappa shape index (κ3) is 5.41. The van der Waals surface area contributed by atoms with Crippen LogP contribution < -0.4 is 10.1 Å². The summed E-state index contributed by atoms with van der Waals surface area (Å²) in [6, 6.07) is 19.1. The lowest BCUT2D eigenvalue weighted by molar-refractivity contribution is -0.123. The highest BCUT2D eigenvalue weighted by Crippen LogP contribution is 2.17. The van der Waals surface area contributed by atoms with Crippen LogP contribution in [0.5, 0.6) is 5.75 Å². The van der Waals surface area contributed by atoms with Crippen molar-refractivity contribution in [2.45, 2.75) is 6.54 Å². The zero-order valence-corrected chi connectivity index (χ0v) is 15.6. The Balaban J connectivity index is 1.49. The third-order valence-corrected chi connectivity index (χ3v) is 4.25. The van der Waals surface area contributed by atoms with Gasteiger partial charge in [0.2, 0.25) is 0 Å². The molecule has 0 spiro atoms. The largest absolute Gasteiger partial charge is 0.484 e. The number of amides is 1. The fourth-order valence-electron chi connectivity index (χ4n) is 2.47. The molecule has 0 bridgehead atoms. The molecule has 0 unspecified atom stereocenters. The van der Waals surface area contributed by atoms with Crippen molar-refractivity contribution in [3.8, 4) is 5.75 Å². The van der Waals surface area contributed by atoms with Gasteiger partial charge in [0.15, 0.2) is 12.4 Å². The minimum atomic E-state index is -0.323. The van der Waals surface area contributed by atoms with Gasteiger partial charge in [0, 0.05) is 22.7 Å². The van der Waals surface area contributed by atoms with Crippen LogP contribution in [0.2, 0.25) is 5.02 Å². The van der Waals surface area contributed by atoms with E-state index in [2.05, 4.69) is 5.32 Å². The van der Waals surface area contributed by atoms with Crippen LogP contribution in [-0.4, -0.2) is 18.3 Å². The number of halogens is 2. The smallest absolute Gasteiger partial charge is 0.258 e. The van der Waals surface area contributed by atoms with Gasteiger partial charge in [-0.15, -0.1) is 0 Å². The number of nitrogens with one attached hydrogen (secondary N) is 1. The zero-order valence-electron chi connectivity index (χ0n) is 14.8. The van der Waals surface area contributed by atoms with Crippen molar-refractivity contribution in [3.63, 3.8) is 0 Å². The van der Waals surface area contributed by atoms with Gasteiger partial charge in [-0.25, -0.2) is 4.39 Å². The second kappa shape index (κ2) is 9.15. The normalized spacial score (nSPS) is 10.4. The third-order valence-electron chi connectivity index (χ3n) is 4.00. The molecule has 28 heavy (non-hydrogen) atoms.